The lowest BCUT2D eigenvalue weighted by Crippen LogP contribution is -1.97. The third-order valence-corrected chi connectivity index (χ3v) is 1.64. The molecule has 1 unspecified atom stereocenters. The number of nitrogens with two attached hydrogens (primary N) is 1. The highest BCUT2D eigenvalue weighted by Crippen LogP contribution is 2.06. The first kappa shape index (κ1) is 12.3. The Labute approximate surface area is 81.4 Å². The monoisotopic (exact) mass is 200 g/mol. The second-order valence-corrected chi connectivity index (χ2v) is 3.06. The Balaban J connectivity index is 0.000000310. The van der Waals surface area contributed by atoms with Crippen LogP contribution < -0.4 is 5.14 Å². The van der Waals surface area contributed by atoms with E-state index in [1.807, 2.05) is 0 Å². The summed E-state index contributed by atoms with van der Waals surface area (Å²) in [6.45, 7) is 4.33. The van der Waals surface area contributed by atoms with E-state index < -0.39 is 11.3 Å². The number of aryl methyl sites for hydroxylation is 2. The fourth-order valence-electron chi connectivity index (χ4n) is 1.01. The molecule has 0 aliphatic rings. The Morgan fingerprint density at radius 2 is 1.92 bits per heavy atom. The van der Waals surface area contributed by atoms with Gasteiger partial charge in [-0.25, -0.2) is 0 Å². The molecule has 0 radical (unpaired) electrons. The fraction of sp³-hybridized carbons (Fsp3) is 0.333. The van der Waals surface area contributed by atoms with E-state index in [2.05, 4.69) is 43.3 Å². The van der Waals surface area contributed by atoms with Gasteiger partial charge in [0.15, 0.2) is 0 Å². The molecule has 0 bridgehead atoms. The molecule has 0 saturated carbocycles. The first-order chi connectivity index (χ1) is 6.07. The van der Waals surface area contributed by atoms with E-state index in [0.29, 0.717) is 0 Å². The van der Waals surface area contributed by atoms with Gasteiger partial charge in [-0.15, -0.1) is 0 Å². The van der Waals surface area contributed by atoms with Crippen molar-refractivity contribution in [1.29, 1.82) is 0 Å². The summed E-state index contributed by atoms with van der Waals surface area (Å²) in [6, 6.07) is 8.49. The molecule has 1 aromatic rings. The third kappa shape index (κ3) is 6.45. The van der Waals surface area contributed by atoms with Crippen LogP contribution >= 0.6 is 0 Å². The summed E-state index contributed by atoms with van der Waals surface area (Å²) in [5.41, 5.74) is 2.86. The van der Waals surface area contributed by atoms with Crippen LogP contribution in [-0.2, 0) is 17.7 Å². The minimum atomic E-state index is -2.36. The van der Waals surface area contributed by atoms with E-state index in [1.165, 1.54) is 11.1 Å². The van der Waals surface area contributed by atoms with Crippen LogP contribution in [0.5, 0.6) is 0 Å². The first-order valence-corrected chi connectivity index (χ1v) is 5.10. The second kappa shape index (κ2) is 6.77. The normalized spacial score (nSPS) is 11.4. The molecule has 0 amide bonds. The van der Waals surface area contributed by atoms with Crippen molar-refractivity contribution in [2.45, 2.75) is 20.3 Å². The molecule has 0 aliphatic carbocycles. The number of benzene rings is 1. The van der Waals surface area contributed by atoms with Crippen LogP contribution in [0, 0.1) is 6.92 Å². The predicted molar refractivity (Wildman–Crippen MR) is 53.7 cm³/mol. The summed E-state index contributed by atoms with van der Waals surface area (Å²) in [5.74, 6) is 0. The lowest BCUT2D eigenvalue weighted by molar-refractivity contribution is 0.539. The summed E-state index contributed by atoms with van der Waals surface area (Å²) in [6.07, 6.45) is 1.15. The van der Waals surface area contributed by atoms with Gasteiger partial charge in [0, 0.05) is 11.3 Å². The van der Waals surface area contributed by atoms with Crippen molar-refractivity contribution < 1.29 is 8.76 Å². The van der Waals surface area contributed by atoms with E-state index in [0.717, 1.165) is 6.42 Å². The second-order valence-electron chi connectivity index (χ2n) is 2.54. The standard InChI is InChI=1S/C9H12.H3NO2S/c1-3-9-7-5-4-6-8(9)2;1-4(2)3/h4-7H,3H2,1-2H3;1H2,(H,2,3)/p-1. The Hall–Kier alpha value is -0.710. The van der Waals surface area contributed by atoms with Crippen molar-refractivity contribution in [1.82, 2.24) is 0 Å². The molecule has 4 heteroatoms. The van der Waals surface area contributed by atoms with Gasteiger partial charge in [-0.1, -0.05) is 31.2 Å². The Bertz CT molecular complexity index is 272. The van der Waals surface area contributed by atoms with Crippen LogP contribution in [0.4, 0.5) is 0 Å². The van der Waals surface area contributed by atoms with E-state index >= 15 is 0 Å². The molecule has 2 N–H and O–H groups in total. The molecule has 0 spiro atoms. The molecule has 3 nitrogen and oxygen atoms in total. The van der Waals surface area contributed by atoms with Crippen LogP contribution in [0.25, 0.3) is 0 Å². The van der Waals surface area contributed by atoms with E-state index in [4.69, 9.17) is 8.76 Å². The van der Waals surface area contributed by atoms with Gasteiger partial charge in [0.2, 0.25) is 0 Å². The van der Waals surface area contributed by atoms with Crippen molar-refractivity contribution in [2.75, 3.05) is 0 Å². The number of hydrogen-bond acceptors (Lipinski definition) is 2. The van der Waals surface area contributed by atoms with Crippen molar-refractivity contribution in [2.24, 2.45) is 5.14 Å². The van der Waals surface area contributed by atoms with Gasteiger partial charge in [0.25, 0.3) is 0 Å². The maximum absolute atomic E-state index is 8.78. The first-order valence-electron chi connectivity index (χ1n) is 3.96. The van der Waals surface area contributed by atoms with E-state index in [1.54, 1.807) is 0 Å². The smallest absolute Gasteiger partial charge is 0.0152 e. The van der Waals surface area contributed by atoms with Gasteiger partial charge in [-0.05, 0) is 24.5 Å². The van der Waals surface area contributed by atoms with Crippen LogP contribution in [0.1, 0.15) is 18.1 Å². The maximum atomic E-state index is 8.78. The molecule has 1 aromatic carbocycles. The molecule has 0 heterocycles. The Morgan fingerprint density at radius 1 is 1.46 bits per heavy atom. The van der Waals surface area contributed by atoms with Crippen LogP contribution in [0.15, 0.2) is 24.3 Å². The van der Waals surface area contributed by atoms with Crippen molar-refractivity contribution in [3.05, 3.63) is 35.4 Å². The van der Waals surface area contributed by atoms with Gasteiger partial charge < -0.3 is 4.55 Å². The van der Waals surface area contributed by atoms with Gasteiger partial charge >= 0.3 is 0 Å². The average Bonchev–Trinajstić information content (AvgIpc) is 2.04. The zero-order chi connectivity index (χ0) is 10.3. The van der Waals surface area contributed by atoms with Gasteiger partial charge in [0.1, 0.15) is 0 Å². The van der Waals surface area contributed by atoms with E-state index in [-0.39, 0.29) is 0 Å². The number of hydrogen-bond donors (Lipinski definition) is 1. The molecule has 1 atom stereocenters. The summed E-state index contributed by atoms with van der Waals surface area (Å²) >= 11 is -2.36. The van der Waals surface area contributed by atoms with Gasteiger partial charge in [-0.2, -0.15) is 0 Å². The zero-order valence-electron chi connectivity index (χ0n) is 7.82. The lowest BCUT2D eigenvalue weighted by atomic mass is 10.1. The molecule has 1 rings (SSSR count). The van der Waals surface area contributed by atoms with Crippen LogP contribution in [0.3, 0.4) is 0 Å². The average molecular weight is 200 g/mol. The molecular formula is C9H14NO2S-. The predicted octanol–water partition coefficient (Wildman–Crippen LogP) is 1.30. The molecule has 0 saturated heterocycles. The molecule has 13 heavy (non-hydrogen) atoms. The molecule has 0 aromatic heterocycles. The van der Waals surface area contributed by atoms with Crippen LogP contribution in [-0.4, -0.2) is 8.76 Å². The summed E-state index contributed by atoms with van der Waals surface area (Å²) in [4.78, 5) is 0. The highest BCUT2D eigenvalue weighted by molar-refractivity contribution is 7.76. The topological polar surface area (TPSA) is 66.2 Å². The number of rotatable bonds is 1. The van der Waals surface area contributed by atoms with Gasteiger partial charge in [0.05, 0.1) is 0 Å². The Morgan fingerprint density at radius 3 is 2.23 bits per heavy atom. The van der Waals surface area contributed by atoms with E-state index in [9.17, 15) is 0 Å². The van der Waals surface area contributed by atoms with Gasteiger partial charge in [-0.3, -0.25) is 9.35 Å². The molecular weight excluding hydrogens is 186 g/mol. The summed E-state index contributed by atoms with van der Waals surface area (Å²) < 4.78 is 17.6. The highest BCUT2D eigenvalue weighted by Gasteiger charge is 1.89. The highest BCUT2D eigenvalue weighted by atomic mass is 32.2. The molecule has 74 valence electrons. The fourth-order valence-corrected chi connectivity index (χ4v) is 1.01. The van der Waals surface area contributed by atoms with Crippen molar-refractivity contribution >= 4 is 11.3 Å². The quantitative estimate of drug-likeness (QED) is 0.694. The Kier molecular flexibility index (Phi) is 6.40. The lowest BCUT2D eigenvalue weighted by Gasteiger charge is -1.98. The largest absolute Gasteiger partial charge is 0.760 e. The summed E-state index contributed by atoms with van der Waals surface area (Å²) in [7, 11) is 0. The summed E-state index contributed by atoms with van der Waals surface area (Å²) in [5, 5.41) is 4.03. The minimum absolute atomic E-state index is 1.15. The molecule has 0 fully saturated rings. The maximum Gasteiger partial charge on any atom is 0.0152 e. The van der Waals surface area contributed by atoms with Crippen LogP contribution in [0.2, 0.25) is 0 Å². The molecule has 0 aliphatic heterocycles. The van der Waals surface area contributed by atoms with Crippen molar-refractivity contribution in [3.63, 3.8) is 0 Å². The SMILES string of the molecule is CCc1ccccc1C.NS(=O)[O-]. The third-order valence-electron chi connectivity index (χ3n) is 1.64. The van der Waals surface area contributed by atoms with Crippen molar-refractivity contribution in [3.8, 4) is 0 Å². The zero-order valence-corrected chi connectivity index (χ0v) is 8.64. The minimum Gasteiger partial charge on any atom is -0.760 e.